The van der Waals surface area contributed by atoms with Gasteiger partial charge in [-0.25, -0.2) is 0 Å². The van der Waals surface area contributed by atoms with Crippen molar-refractivity contribution in [1.82, 2.24) is 10.2 Å². The van der Waals surface area contributed by atoms with Crippen molar-refractivity contribution in [3.63, 3.8) is 0 Å². The molecule has 1 aromatic rings. The molecule has 0 unspecified atom stereocenters. The van der Waals surface area contributed by atoms with Crippen molar-refractivity contribution in [2.75, 3.05) is 34.2 Å². The van der Waals surface area contributed by atoms with Crippen LogP contribution in [-0.4, -0.2) is 45.0 Å². The summed E-state index contributed by atoms with van der Waals surface area (Å²) in [6.07, 6.45) is 4.13. The van der Waals surface area contributed by atoms with E-state index >= 15 is 0 Å². The molecule has 0 aliphatic rings. The van der Waals surface area contributed by atoms with Gasteiger partial charge in [-0.1, -0.05) is 30.3 Å². The maximum Gasteiger partial charge on any atom is 0.243 e. The molecule has 1 aromatic carbocycles. The van der Waals surface area contributed by atoms with Crippen LogP contribution in [0.3, 0.4) is 0 Å². The second-order valence-electron chi connectivity index (χ2n) is 4.52. The molecule has 0 radical (unpaired) electrons. The fraction of sp³-hybridized carbons (Fsp3) is 0.400. The van der Waals surface area contributed by atoms with E-state index in [0.717, 1.165) is 12.0 Å². The first-order valence-corrected chi connectivity index (χ1v) is 6.38. The molecule has 3 N–H and O–H groups in total. The third-order valence-corrected chi connectivity index (χ3v) is 1.91. The molecule has 0 heterocycles. The molecule has 19 heavy (non-hydrogen) atoms. The van der Waals surface area contributed by atoms with Gasteiger partial charge in [0.05, 0.1) is 0 Å². The van der Waals surface area contributed by atoms with Gasteiger partial charge in [0.25, 0.3) is 0 Å². The van der Waals surface area contributed by atoms with E-state index in [9.17, 15) is 4.79 Å². The highest BCUT2D eigenvalue weighted by Gasteiger charge is 1.92. The number of benzene rings is 1. The van der Waals surface area contributed by atoms with Crippen molar-refractivity contribution < 1.29 is 4.79 Å². The van der Waals surface area contributed by atoms with Gasteiger partial charge in [-0.15, -0.1) is 0 Å². The number of nitrogens with two attached hydrogens (primary N) is 1. The molecule has 0 aliphatic heterocycles. The molecule has 4 nitrogen and oxygen atoms in total. The molecule has 0 atom stereocenters. The minimum atomic E-state index is -0.0766. The summed E-state index contributed by atoms with van der Waals surface area (Å²) in [4.78, 5) is 13.3. The number of carbonyl (C=O) groups excluding carboxylic acids is 1. The minimum absolute atomic E-state index is 0.0766. The number of amides is 1. The van der Waals surface area contributed by atoms with Crippen LogP contribution in [0.2, 0.25) is 0 Å². The van der Waals surface area contributed by atoms with E-state index in [1.165, 1.54) is 6.08 Å². The zero-order chi connectivity index (χ0) is 14.5. The standard InChI is InChI=1S/C12H16N2O.C3H9N/c13-9-4-10-14-12(15)8-7-11-5-2-1-3-6-11;1-4(2)3/h1-3,5-8H,4,9-10,13H2,(H,14,15);1-3H3. The summed E-state index contributed by atoms with van der Waals surface area (Å²) in [5.74, 6) is -0.0766. The van der Waals surface area contributed by atoms with E-state index in [1.807, 2.05) is 56.4 Å². The molecule has 106 valence electrons. The van der Waals surface area contributed by atoms with Crippen molar-refractivity contribution in [1.29, 1.82) is 0 Å². The molecule has 0 saturated carbocycles. The fourth-order valence-corrected chi connectivity index (χ4v) is 1.11. The van der Waals surface area contributed by atoms with Crippen LogP contribution in [0.5, 0.6) is 0 Å². The van der Waals surface area contributed by atoms with Gasteiger partial charge in [0.2, 0.25) is 5.91 Å². The molecular formula is C15H25N3O. The first-order valence-electron chi connectivity index (χ1n) is 6.38. The average Bonchev–Trinajstić information content (AvgIpc) is 2.37. The fourth-order valence-electron chi connectivity index (χ4n) is 1.11. The molecule has 1 amide bonds. The van der Waals surface area contributed by atoms with E-state index < -0.39 is 0 Å². The Labute approximate surface area is 116 Å². The van der Waals surface area contributed by atoms with E-state index in [-0.39, 0.29) is 5.91 Å². The Kier molecular flexibility index (Phi) is 10.4. The normalized spacial score (nSPS) is 10.2. The third-order valence-electron chi connectivity index (χ3n) is 1.91. The highest BCUT2D eigenvalue weighted by atomic mass is 16.1. The van der Waals surface area contributed by atoms with Gasteiger partial charge >= 0.3 is 0 Å². The van der Waals surface area contributed by atoms with Crippen molar-refractivity contribution in [2.24, 2.45) is 5.73 Å². The van der Waals surface area contributed by atoms with E-state index in [0.29, 0.717) is 13.1 Å². The van der Waals surface area contributed by atoms with Crippen molar-refractivity contribution in [2.45, 2.75) is 6.42 Å². The highest BCUT2D eigenvalue weighted by molar-refractivity contribution is 5.91. The van der Waals surface area contributed by atoms with Crippen LogP contribution in [0.15, 0.2) is 36.4 Å². The lowest BCUT2D eigenvalue weighted by molar-refractivity contribution is -0.116. The first kappa shape index (κ1) is 17.4. The largest absolute Gasteiger partial charge is 0.353 e. The van der Waals surface area contributed by atoms with Gasteiger partial charge in [0.1, 0.15) is 0 Å². The van der Waals surface area contributed by atoms with Crippen LogP contribution < -0.4 is 11.1 Å². The monoisotopic (exact) mass is 263 g/mol. The molecule has 0 aliphatic carbocycles. The smallest absolute Gasteiger partial charge is 0.243 e. The lowest BCUT2D eigenvalue weighted by Gasteiger charge is -1.99. The van der Waals surface area contributed by atoms with E-state index in [2.05, 4.69) is 5.32 Å². The Morgan fingerprint density at radius 1 is 1.26 bits per heavy atom. The molecular weight excluding hydrogens is 238 g/mol. The Balaban J connectivity index is 0.000000711. The van der Waals surface area contributed by atoms with Gasteiger partial charge in [-0.2, -0.15) is 0 Å². The van der Waals surface area contributed by atoms with E-state index in [4.69, 9.17) is 5.73 Å². The van der Waals surface area contributed by atoms with Gasteiger partial charge < -0.3 is 16.0 Å². The Bertz CT molecular complexity index is 358. The summed E-state index contributed by atoms with van der Waals surface area (Å²) in [5, 5.41) is 2.75. The van der Waals surface area contributed by atoms with E-state index in [1.54, 1.807) is 6.08 Å². The topological polar surface area (TPSA) is 58.4 Å². The van der Waals surface area contributed by atoms with Crippen LogP contribution in [0.4, 0.5) is 0 Å². The molecule has 1 rings (SSSR count). The van der Waals surface area contributed by atoms with Crippen LogP contribution in [-0.2, 0) is 4.79 Å². The molecule has 0 aromatic heterocycles. The summed E-state index contributed by atoms with van der Waals surface area (Å²) in [7, 11) is 6.00. The molecule has 0 fully saturated rings. The number of nitrogens with zero attached hydrogens (tertiary/aromatic N) is 1. The van der Waals surface area contributed by atoms with Crippen LogP contribution in [0, 0.1) is 0 Å². The SMILES string of the molecule is CN(C)C.NCCCNC(=O)C=Cc1ccccc1. The summed E-state index contributed by atoms with van der Waals surface area (Å²) >= 11 is 0. The maximum absolute atomic E-state index is 11.3. The number of rotatable bonds is 5. The lowest BCUT2D eigenvalue weighted by Crippen LogP contribution is -2.23. The van der Waals surface area contributed by atoms with Gasteiger partial charge in [0.15, 0.2) is 0 Å². The summed E-state index contributed by atoms with van der Waals surface area (Å²) < 4.78 is 0. The van der Waals surface area contributed by atoms with Crippen molar-refractivity contribution in [3.8, 4) is 0 Å². The molecule has 4 heteroatoms. The number of hydrogen-bond acceptors (Lipinski definition) is 3. The minimum Gasteiger partial charge on any atom is -0.353 e. The summed E-state index contributed by atoms with van der Waals surface area (Å²) in [6, 6.07) is 9.71. The number of hydrogen-bond donors (Lipinski definition) is 2. The number of nitrogens with one attached hydrogen (secondary N) is 1. The van der Waals surface area contributed by atoms with Crippen molar-refractivity contribution in [3.05, 3.63) is 42.0 Å². The number of carbonyl (C=O) groups is 1. The lowest BCUT2D eigenvalue weighted by atomic mass is 10.2. The van der Waals surface area contributed by atoms with Crippen molar-refractivity contribution >= 4 is 12.0 Å². The van der Waals surface area contributed by atoms with Crippen LogP contribution in [0.1, 0.15) is 12.0 Å². The first-order chi connectivity index (χ1) is 9.06. The maximum atomic E-state index is 11.3. The molecule has 0 saturated heterocycles. The summed E-state index contributed by atoms with van der Waals surface area (Å²) in [6.45, 7) is 1.23. The van der Waals surface area contributed by atoms with Gasteiger partial charge in [-0.05, 0) is 45.7 Å². The Morgan fingerprint density at radius 2 is 1.84 bits per heavy atom. The second kappa shape index (κ2) is 11.4. The highest BCUT2D eigenvalue weighted by Crippen LogP contribution is 2.00. The third kappa shape index (κ3) is 12.6. The molecule has 0 bridgehead atoms. The van der Waals surface area contributed by atoms with Gasteiger partial charge in [0, 0.05) is 12.6 Å². The van der Waals surface area contributed by atoms with Crippen LogP contribution in [0.25, 0.3) is 6.08 Å². The zero-order valence-electron chi connectivity index (χ0n) is 12.1. The second-order valence-corrected chi connectivity index (χ2v) is 4.52. The predicted molar refractivity (Wildman–Crippen MR) is 81.8 cm³/mol. The van der Waals surface area contributed by atoms with Gasteiger partial charge in [-0.3, -0.25) is 4.79 Å². The average molecular weight is 263 g/mol. The Morgan fingerprint density at radius 3 is 2.37 bits per heavy atom. The van der Waals surface area contributed by atoms with Crippen LogP contribution >= 0.6 is 0 Å². The molecule has 0 spiro atoms. The Hall–Kier alpha value is -1.65. The quantitative estimate of drug-likeness (QED) is 0.622. The summed E-state index contributed by atoms with van der Waals surface area (Å²) in [5.41, 5.74) is 6.33. The zero-order valence-corrected chi connectivity index (χ0v) is 12.1. The predicted octanol–water partition coefficient (Wildman–Crippen LogP) is 1.34.